The van der Waals surface area contributed by atoms with Crippen molar-refractivity contribution >= 4 is 5.90 Å². The molecule has 1 heterocycles. The molecule has 1 aliphatic carbocycles. The Labute approximate surface area is 136 Å². The van der Waals surface area contributed by atoms with Crippen molar-refractivity contribution in [3.63, 3.8) is 0 Å². The summed E-state index contributed by atoms with van der Waals surface area (Å²) in [6, 6.07) is 2.44. The number of hydrogen-bond donors (Lipinski definition) is 0. The van der Waals surface area contributed by atoms with Crippen LogP contribution < -0.4 is 0 Å². The maximum Gasteiger partial charge on any atom is 0.198 e. The molecule has 0 spiro atoms. The molecule has 3 nitrogen and oxygen atoms in total. The van der Waals surface area contributed by atoms with Crippen LogP contribution in [0.3, 0.4) is 0 Å². The Morgan fingerprint density at radius 3 is 2.32 bits per heavy atom. The zero-order valence-corrected chi connectivity index (χ0v) is 15.1. The molecule has 1 aliphatic heterocycles. The van der Waals surface area contributed by atoms with Gasteiger partial charge in [-0.1, -0.05) is 54.4 Å². The number of nitriles is 1. The average Bonchev–Trinajstić information content (AvgIpc) is 2.88. The molecular formula is C19H32N2O. The number of rotatable bonds is 5. The van der Waals surface area contributed by atoms with Crippen LogP contribution in [0.25, 0.3) is 0 Å². The fraction of sp³-hybridized carbons (Fsp3) is 0.895. The van der Waals surface area contributed by atoms with Gasteiger partial charge in [-0.15, -0.1) is 0 Å². The minimum atomic E-state index is 0.183. The molecule has 3 heteroatoms. The number of aliphatic imine (C=N–C) groups is 1. The summed E-state index contributed by atoms with van der Waals surface area (Å²) in [5, 5.41) is 8.94. The van der Waals surface area contributed by atoms with Crippen LogP contribution in [-0.2, 0) is 4.74 Å². The normalized spacial score (nSPS) is 32.0. The topological polar surface area (TPSA) is 45.4 Å². The maximum atomic E-state index is 8.94. The number of ether oxygens (including phenoxy) is 1. The van der Waals surface area contributed by atoms with Gasteiger partial charge in [-0.25, -0.2) is 4.99 Å². The van der Waals surface area contributed by atoms with Crippen molar-refractivity contribution in [3.8, 4) is 6.07 Å². The standard InChI is InChI=1S/C19H32N2O/c1-7-18(3,4)13-11-14(19(5,6)8-2)17-15(12-13)21-16(22-17)9-10-20/h13-15,17H,7-9,11-12H2,1-6H3. The molecule has 2 aliphatic rings. The first-order valence-electron chi connectivity index (χ1n) is 8.85. The molecule has 1 fully saturated rings. The quantitative estimate of drug-likeness (QED) is 0.720. The zero-order valence-electron chi connectivity index (χ0n) is 15.1. The van der Waals surface area contributed by atoms with Crippen LogP contribution in [-0.4, -0.2) is 18.0 Å². The lowest BCUT2D eigenvalue weighted by Gasteiger charge is -2.48. The summed E-state index contributed by atoms with van der Waals surface area (Å²) in [7, 11) is 0. The Kier molecular flexibility index (Phi) is 4.90. The molecule has 4 unspecified atom stereocenters. The molecule has 0 saturated heterocycles. The van der Waals surface area contributed by atoms with E-state index in [1.165, 1.54) is 12.8 Å². The van der Waals surface area contributed by atoms with Crippen LogP contribution in [0.1, 0.15) is 73.6 Å². The van der Waals surface area contributed by atoms with Gasteiger partial charge in [0.1, 0.15) is 12.5 Å². The van der Waals surface area contributed by atoms with Crippen LogP contribution in [0.4, 0.5) is 0 Å². The summed E-state index contributed by atoms with van der Waals surface area (Å²) >= 11 is 0. The Morgan fingerprint density at radius 2 is 1.77 bits per heavy atom. The van der Waals surface area contributed by atoms with E-state index in [0.29, 0.717) is 29.6 Å². The van der Waals surface area contributed by atoms with E-state index in [1.807, 2.05) is 0 Å². The van der Waals surface area contributed by atoms with Crippen LogP contribution in [0.2, 0.25) is 0 Å². The Morgan fingerprint density at radius 1 is 1.14 bits per heavy atom. The van der Waals surface area contributed by atoms with Gasteiger partial charge in [0.2, 0.25) is 0 Å². The third kappa shape index (κ3) is 3.16. The van der Waals surface area contributed by atoms with E-state index in [-0.39, 0.29) is 17.6 Å². The van der Waals surface area contributed by atoms with Crippen molar-refractivity contribution < 1.29 is 4.74 Å². The highest BCUT2D eigenvalue weighted by Gasteiger charge is 2.50. The Balaban J connectivity index is 2.28. The number of fused-ring (bicyclic) bond motifs is 1. The molecule has 0 bridgehead atoms. The van der Waals surface area contributed by atoms with E-state index in [9.17, 15) is 0 Å². The van der Waals surface area contributed by atoms with E-state index >= 15 is 0 Å². The van der Waals surface area contributed by atoms with E-state index in [2.05, 4.69) is 47.6 Å². The van der Waals surface area contributed by atoms with Crippen molar-refractivity contribution in [2.75, 3.05) is 0 Å². The Bertz CT molecular complexity index is 472. The molecule has 0 aromatic heterocycles. The summed E-state index contributed by atoms with van der Waals surface area (Å²) in [6.45, 7) is 14.1. The fourth-order valence-electron chi connectivity index (χ4n) is 4.00. The molecule has 22 heavy (non-hydrogen) atoms. The first-order valence-corrected chi connectivity index (χ1v) is 8.85. The third-order valence-corrected chi connectivity index (χ3v) is 6.58. The molecule has 0 aromatic rings. The first kappa shape index (κ1) is 17.3. The van der Waals surface area contributed by atoms with Gasteiger partial charge >= 0.3 is 0 Å². The fourth-order valence-corrected chi connectivity index (χ4v) is 4.00. The summed E-state index contributed by atoms with van der Waals surface area (Å²) in [4.78, 5) is 4.77. The number of nitrogens with zero attached hydrogens (tertiary/aromatic N) is 2. The van der Waals surface area contributed by atoms with Gasteiger partial charge in [0.15, 0.2) is 5.90 Å². The smallest absolute Gasteiger partial charge is 0.198 e. The van der Waals surface area contributed by atoms with Gasteiger partial charge in [-0.05, 0) is 29.6 Å². The Hall–Kier alpha value is -1.04. The lowest BCUT2D eigenvalue weighted by Crippen LogP contribution is -2.48. The molecule has 0 N–H and O–H groups in total. The van der Waals surface area contributed by atoms with E-state index in [4.69, 9.17) is 15.0 Å². The minimum Gasteiger partial charge on any atom is -0.474 e. The predicted molar refractivity (Wildman–Crippen MR) is 90.7 cm³/mol. The number of hydrogen-bond acceptors (Lipinski definition) is 3. The highest BCUT2D eigenvalue weighted by atomic mass is 16.5. The lowest BCUT2D eigenvalue weighted by molar-refractivity contribution is -0.0314. The van der Waals surface area contributed by atoms with Gasteiger partial charge in [0, 0.05) is 5.92 Å². The summed E-state index contributed by atoms with van der Waals surface area (Å²) in [5.41, 5.74) is 0.601. The molecular weight excluding hydrogens is 272 g/mol. The molecule has 1 saturated carbocycles. The molecule has 0 aromatic carbocycles. The van der Waals surface area contributed by atoms with Gasteiger partial charge < -0.3 is 4.74 Å². The van der Waals surface area contributed by atoms with E-state index < -0.39 is 0 Å². The van der Waals surface area contributed by atoms with Gasteiger partial charge in [0.25, 0.3) is 0 Å². The van der Waals surface area contributed by atoms with Crippen molar-refractivity contribution in [2.45, 2.75) is 85.8 Å². The maximum absolute atomic E-state index is 8.94. The highest BCUT2D eigenvalue weighted by molar-refractivity contribution is 5.80. The largest absolute Gasteiger partial charge is 0.474 e. The third-order valence-electron chi connectivity index (χ3n) is 6.58. The summed E-state index contributed by atoms with van der Waals surface area (Å²) < 4.78 is 6.13. The monoisotopic (exact) mass is 304 g/mol. The zero-order chi connectivity index (χ0) is 16.5. The molecule has 2 rings (SSSR count). The molecule has 0 amide bonds. The second-order valence-electron chi connectivity index (χ2n) is 8.47. The van der Waals surface area contributed by atoms with Crippen LogP contribution in [0, 0.1) is 34.0 Å². The highest BCUT2D eigenvalue weighted by Crippen LogP contribution is 2.51. The molecule has 0 radical (unpaired) electrons. The van der Waals surface area contributed by atoms with Gasteiger partial charge in [-0.2, -0.15) is 5.26 Å². The van der Waals surface area contributed by atoms with E-state index in [0.717, 1.165) is 12.8 Å². The van der Waals surface area contributed by atoms with Crippen LogP contribution in [0.5, 0.6) is 0 Å². The molecule has 4 atom stereocenters. The van der Waals surface area contributed by atoms with Crippen LogP contribution in [0.15, 0.2) is 4.99 Å². The second-order valence-corrected chi connectivity index (χ2v) is 8.47. The van der Waals surface area contributed by atoms with Gasteiger partial charge in [0.05, 0.1) is 12.1 Å². The SMILES string of the molecule is CCC(C)(C)C1CC2N=C(CC#N)OC2C(C(C)(C)CC)C1. The van der Waals surface area contributed by atoms with Crippen molar-refractivity contribution in [3.05, 3.63) is 0 Å². The van der Waals surface area contributed by atoms with Crippen molar-refractivity contribution in [2.24, 2.45) is 27.7 Å². The van der Waals surface area contributed by atoms with Gasteiger partial charge in [-0.3, -0.25) is 0 Å². The predicted octanol–water partition coefficient (Wildman–Crippen LogP) is 4.96. The van der Waals surface area contributed by atoms with Crippen molar-refractivity contribution in [1.82, 2.24) is 0 Å². The summed E-state index contributed by atoms with van der Waals surface area (Å²) in [5.74, 6) is 1.87. The average molecular weight is 304 g/mol. The van der Waals surface area contributed by atoms with Crippen LogP contribution >= 0.6 is 0 Å². The first-order chi connectivity index (χ1) is 10.2. The minimum absolute atomic E-state index is 0.183. The second kappa shape index (κ2) is 6.22. The van der Waals surface area contributed by atoms with Crippen molar-refractivity contribution in [1.29, 1.82) is 5.26 Å². The summed E-state index contributed by atoms with van der Waals surface area (Å²) in [6.07, 6.45) is 5.17. The lowest BCUT2D eigenvalue weighted by atomic mass is 9.59. The van der Waals surface area contributed by atoms with E-state index in [1.54, 1.807) is 0 Å². The molecule has 124 valence electrons.